The van der Waals surface area contributed by atoms with Gasteiger partial charge in [-0.25, -0.2) is 0 Å². The van der Waals surface area contributed by atoms with Crippen LogP contribution in [0.3, 0.4) is 0 Å². The molecule has 1 aromatic carbocycles. The normalized spacial score (nSPS) is 11.1. The van der Waals surface area contributed by atoms with Crippen LogP contribution >= 0.6 is 0 Å². The van der Waals surface area contributed by atoms with E-state index in [1.54, 1.807) is 19.1 Å². The molecule has 0 aliphatic rings. The fraction of sp³-hybridized carbons (Fsp3) is 0.125. The number of rotatable bonds is 3. The lowest BCUT2D eigenvalue weighted by atomic mass is 10.0. The second kappa shape index (κ2) is 5.36. The zero-order valence-electron chi connectivity index (χ0n) is 10.8. The molecule has 3 nitrogen and oxygen atoms in total. The number of carbonyl (C=O) groups excluding carboxylic acids is 1. The molecule has 0 N–H and O–H groups in total. The van der Waals surface area contributed by atoms with Gasteiger partial charge in [0.15, 0.2) is 0 Å². The number of nitrogens with zero attached hydrogens (tertiary/aromatic N) is 1. The Morgan fingerprint density at radius 1 is 1.21 bits per heavy atom. The minimum Gasteiger partial charge on any atom is -0.469 e. The topological polar surface area (TPSA) is 54.0 Å². The lowest BCUT2D eigenvalue weighted by Crippen LogP contribution is -2.02. The number of furan rings is 1. The van der Waals surface area contributed by atoms with Crippen LogP contribution in [-0.4, -0.2) is 5.78 Å². The number of hydrogen-bond donors (Lipinski definition) is 0. The highest BCUT2D eigenvalue weighted by Crippen LogP contribution is 2.16. The SMILES string of the molecule is Cc1ccc(/C=C(\C#N)C(=O)c2ccoc2C)cc1. The Bertz CT molecular complexity index is 670. The molecule has 0 saturated carbocycles. The molecule has 94 valence electrons. The highest BCUT2D eigenvalue weighted by atomic mass is 16.3. The number of hydrogen-bond acceptors (Lipinski definition) is 3. The minimum absolute atomic E-state index is 0.105. The van der Waals surface area contributed by atoms with E-state index >= 15 is 0 Å². The molecule has 0 radical (unpaired) electrons. The molecule has 0 fully saturated rings. The van der Waals surface area contributed by atoms with E-state index in [2.05, 4.69) is 0 Å². The Hall–Kier alpha value is -2.60. The van der Waals surface area contributed by atoms with E-state index in [1.165, 1.54) is 6.26 Å². The molecule has 1 heterocycles. The van der Waals surface area contributed by atoms with Crippen molar-refractivity contribution in [2.24, 2.45) is 0 Å². The monoisotopic (exact) mass is 251 g/mol. The summed E-state index contributed by atoms with van der Waals surface area (Å²) in [6.07, 6.45) is 3.04. The molecule has 0 bridgehead atoms. The van der Waals surface area contributed by atoms with Gasteiger partial charge in [0, 0.05) is 0 Å². The van der Waals surface area contributed by atoms with Crippen molar-refractivity contribution in [2.45, 2.75) is 13.8 Å². The first kappa shape index (κ1) is 12.8. The van der Waals surface area contributed by atoms with E-state index < -0.39 is 0 Å². The van der Waals surface area contributed by atoms with Crippen molar-refractivity contribution in [2.75, 3.05) is 0 Å². The lowest BCUT2D eigenvalue weighted by Gasteiger charge is -1.99. The molecular formula is C16H13NO2. The summed E-state index contributed by atoms with van der Waals surface area (Å²) in [5.41, 5.74) is 2.50. The fourth-order valence-corrected chi connectivity index (χ4v) is 1.74. The van der Waals surface area contributed by atoms with Gasteiger partial charge in [-0.1, -0.05) is 29.8 Å². The van der Waals surface area contributed by atoms with Gasteiger partial charge in [0.1, 0.15) is 17.4 Å². The average Bonchev–Trinajstić information content (AvgIpc) is 2.83. The molecule has 0 aliphatic heterocycles. The molecule has 2 aromatic rings. The predicted octanol–water partition coefficient (Wildman–Crippen LogP) is 3.69. The Balaban J connectivity index is 2.36. The molecule has 0 spiro atoms. The Kier molecular flexibility index (Phi) is 3.63. The smallest absolute Gasteiger partial charge is 0.207 e. The summed E-state index contributed by atoms with van der Waals surface area (Å²) in [6.45, 7) is 3.69. The second-order valence-corrected chi connectivity index (χ2v) is 4.30. The highest BCUT2D eigenvalue weighted by Gasteiger charge is 2.16. The number of Topliss-reactive ketones (excluding diaryl/α,β-unsaturated/α-hetero) is 1. The summed E-state index contributed by atoms with van der Waals surface area (Å²) >= 11 is 0. The van der Waals surface area contributed by atoms with E-state index in [0.717, 1.165) is 11.1 Å². The van der Waals surface area contributed by atoms with Gasteiger partial charge in [-0.05, 0) is 31.6 Å². The van der Waals surface area contributed by atoms with Gasteiger partial charge in [0.05, 0.1) is 11.8 Å². The van der Waals surface area contributed by atoms with Crippen molar-refractivity contribution in [1.82, 2.24) is 0 Å². The lowest BCUT2D eigenvalue weighted by molar-refractivity contribution is 0.103. The standard InChI is InChI=1S/C16H13NO2/c1-11-3-5-13(6-4-11)9-14(10-17)16(18)15-7-8-19-12(15)2/h3-9H,1-2H3/b14-9+. The molecule has 2 rings (SSSR count). The van der Waals surface area contributed by atoms with Crippen LogP contribution in [0.4, 0.5) is 0 Å². The molecular weight excluding hydrogens is 238 g/mol. The number of aryl methyl sites for hydroxylation is 2. The average molecular weight is 251 g/mol. The van der Waals surface area contributed by atoms with Crippen LogP contribution in [0.1, 0.15) is 27.2 Å². The zero-order valence-corrected chi connectivity index (χ0v) is 10.8. The number of carbonyl (C=O) groups is 1. The Morgan fingerprint density at radius 2 is 1.89 bits per heavy atom. The van der Waals surface area contributed by atoms with Gasteiger partial charge >= 0.3 is 0 Å². The van der Waals surface area contributed by atoms with Crippen molar-refractivity contribution in [3.05, 3.63) is 64.6 Å². The third-order valence-corrected chi connectivity index (χ3v) is 2.86. The van der Waals surface area contributed by atoms with Crippen molar-refractivity contribution in [1.29, 1.82) is 5.26 Å². The molecule has 0 saturated heterocycles. The van der Waals surface area contributed by atoms with Gasteiger partial charge in [-0.2, -0.15) is 5.26 Å². The van der Waals surface area contributed by atoms with Crippen LogP contribution in [0.25, 0.3) is 6.08 Å². The van der Waals surface area contributed by atoms with Crippen molar-refractivity contribution < 1.29 is 9.21 Å². The van der Waals surface area contributed by atoms with Crippen LogP contribution in [0.15, 0.2) is 46.6 Å². The van der Waals surface area contributed by atoms with Crippen molar-refractivity contribution >= 4 is 11.9 Å². The molecule has 0 amide bonds. The van der Waals surface area contributed by atoms with Crippen LogP contribution in [0.5, 0.6) is 0 Å². The van der Waals surface area contributed by atoms with Gasteiger partial charge in [0.25, 0.3) is 0 Å². The first-order chi connectivity index (χ1) is 9.11. The van der Waals surface area contributed by atoms with Crippen LogP contribution < -0.4 is 0 Å². The van der Waals surface area contributed by atoms with Gasteiger partial charge in [-0.3, -0.25) is 4.79 Å². The molecule has 19 heavy (non-hydrogen) atoms. The maximum Gasteiger partial charge on any atom is 0.207 e. The summed E-state index contributed by atoms with van der Waals surface area (Å²) in [5.74, 6) is 0.212. The van der Waals surface area contributed by atoms with E-state index in [1.807, 2.05) is 37.3 Å². The molecule has 0 aliphatic carbocycles. The van der Waals surface area contributed by atoms with Crippen molar-refractivity contribution in [3.8, 4) is 6.07 Å². The number of allylic oxidation sites excluding steroid dienone is 1. The largest absolute Gasteiger partial charge is 0.469 e. The number of nitriles is 1. The Morgan fingerprint density at radius 3 is 2.42 bits per heavy atom. The first-order valence-corrected chi connectivity index (χ1v) is 5.89. The Labute approximate surface area is 111 Å². The van der Waals surface area contributed by atoms with Gasteiger partial charge < -0.3 is 4.42 Å². The van der Waals surface area contributed by atoms with Crippen LogP contribution in [-0.2, 0) is 0 Å². The van der Waals surface area contributed by atoms with Crippen molar-refractivity contribution in [3.63, 3.8) is 0 Å². The maximum absolute atomic E-state index is 12.2. The minimum atomic E-state index is -0.311. The zero-order chi connectivity index (χ0) is 13.8. The molecule has 0 atom stereocenters. The number of benzene rings is 1. The summed E-state index contributed by atoms with van der Waals surface area (Å²) in [6, 6.07) is 11.2. The third kappa shape index (κ3) is 2.80. The first-order valence-electron chi connectivity index (χ1n) is 5.89. The highest BCUT2D eigenvalue weighted by molar-refractivity contribution is 6.14. The fourth-order valence-electron chi connectivity index (χ4n) is 1.74. The van der Waals surface area contributed by atoms with E-state index in [9.17, 15) is 4.79 Å². The predicted molar refractivity (Wildman–Crippen MR) is 72.5 cm³/mol. The summed E-state index contributed by atoms with van der Waals surface area (Å²) in [7, 11) is 0. The summed E-state index contributed by atoms with van der Waals surface area (Å²) in [4.78, 5) is 12.2. The van der Waals surface area contributed by atoms with E-state index in [0.29, 0.717) is 11.3 Å². The molecule has 1 aromatic heterocycles. The summed E-state index contributed by atoms with van der Waals surface area (Å²) < 4.78 is 5.09. The second-order valence-electron chi connectivity index (χ2n) is 4.30. The third-order valence-electron chi connectivity index (χ3n) is 2.86. The molecule has 3 heteroatoms. The number of ketones is 1. The van der Waals surface area contributed by atoms with Crippen LogP contribution in [0.2, 0.25) is 0 Å². The van der Waals surface area contributed by atoms with E-state index in [4.69, 9.17) is 9.68 Å². The van der Waals surface area contributed by atoms with Gasteiger partial charge in [-0.15, -0.1) is 0 Å². The quantitative estimate of drug-likeness (QED) is 0.475. The molecule has 0 unspecified atom stereocenters. The van der Waals surface area contributed by atoms with E-state index in [-0.39, 0.29) is 11.4 Å². The van der Waals surface area contributed by atoms with Crippen LogP contribution in [0, 0.1) is 25.2 Å². The maximum atomic E-state index is 12.2. The van der Waals surface area contributed by atoms with Gasteiger partial charge in [0.2, 0.25) is 5.78 Å². The summed E-state index contributed by atoms with van der Waals surface area (Å²) in [5, 5.41) is 9.13.